The lowest BCUT2D eigenvalue weighted by molar-refractivity contribution is -0.126. The van der Waals surface area contributed by atoms with Crippen LogP contribution in [-0.2, 0) is 4.79 Å². The zero-order chi connectivity index (χ0) is 13.5. The largest absolute Gasteiger partial charge is 0.300 e. The minimum atomic E-state index is 0.0812. The van der Waals surface area contributed by atoms with E-state index in [1.807, 2.05) is 0 Å². The van der Waals surface area contributed by atoms with Crippen molar-refractivity contribution in [3.63, 3.8) is 0 Å². The van der Waals surface area contributed by atoms with E-state index in [0.29, 0.717) is 5.78 Å². The summed E-state index contributed by atoms with van der Waals surface area (Å²) in [6.07, 6.45) is 3.39. The molecule has 1 aliphatic heterocycles. The summed E-state index contributed by atoms with van der Waals surface area (Å²) in [4.78, 5) is 14.4. The van der Waals surface area contributed by atoms with Crippen LogP contribution in [0.2, 0.25) is 0 Å². The van der Waals surface area contributed by atoms with Crippen molar-refractivity contribution in [2.45, 2.75) is 90.8 Å². The molecule has 0 bridgehead atoms. The van der Waals surface area contributed by atoms with Crippen LogP contribution in [0, 0.1) is 0 Å². The third-order valence-electron chi connectivity index (χ3n) is 3.91. The topological polar surface area (TPSA) is 20.3 Å². The van der Waals surface area contributed by atoms with Crippen molar-refractivity contribution >= 4 is 5.78 Å². The van der Waals surface area contributed by atoms with E-state index in [9.17, 15) is 4.79 Å². The summed E-state index contributed by atoms with van der Waals surface area (Å²) in [5, 5.41) is 0. The minimum absolute atomic E-state index is 0.0812. The van der Waals surface area contributed by atoms with Gasteiger partial charge in [0.2, 0.25) is 0 Å². The minimum Gasteiger partial charge on any atom is -0.300 e. The van der Waals surface area contributed by atoms with Crippen LogP contribution in [-0.4, -0.2) is 27.3 Å². The van der Waals surface area contributed by atoms with Crippen LogP contribution >= 0.6 is 0 Å². The first-order valence-corrected chi connectivity index (χ1v) is 6.79. The number of nitrogens with zero attached hydrogens (tertiary/aromatic N) is 1. The van der Waals surface area contributed by atoms with Gasteiger partial charge in [0.05, 0.1) is 0 Å². The molecule has 0 aromatic rings. The zero-order valence-electron chi connectivity index (χ0n) is 12.7. The third kappa shape index (κ3) is 3.31. The van der Waals surface area contributed by atoms with Gasteiger partial charge in [0.25, 0.3) is 0 Å². The highest BCUT2D eigenvalue weighted by atomic mass is 16.1. The van der Waals surface area contributed by atoms with E-state index in [0.717, 1.165) is 25.7 Å². The molecule has 2 heteroatoms. The molecule has 1 saturated heterocycles. The van der Waals surface area contributed by atoms with Gasteiger partial charge in [-0.25, -0.2) is 0 Å². The zero-order valence-corrected chi connectivity index (χ0v) is 12.7. The van der Waals surface area contributed by atoms with E-state index in [1.165, 1.54) is 0 Å². The van der Waals surface area contributed by atoms with Gasteiger partial charge in [-0.3, -0.25) is 9.69 Å². The molecule has 0 atom stereocenters. The first kappa shape index (κ1) is 14.7. The Morgan fingerprint density at radius 1 is 0.941 bits per heavy atom. The van der Waals surface area contributed by atoms with Crippen LogP contribution in [0.1, 0.15) is 74.1 Å². The Morgan fingerprint density at radius 3 is 1.59 bits per heavy atom. The summed E-state index contributed by atoms with van der Waals surface area (Å²) in [5.74, 6) is 0.430. The molecule has 1 rings (SSSR count). The quantitative estimate of drug-likeness (QED) is 0.641. The summed E-state index contributed by atoms with van der Waals surface area (Å²) >= 11 is 0. The van der Waals surface area contributed by atoms with Crippen LogP contribution in [0.3, 0.4) is 0 Å². The first-order chi connectivity index (χ1) is 7.47. The fourth-order valence-corrected chi connectivity index (χ4v) is 3.87. The Balaban J connectivity index is 3.13. The number of carbonyl (C=O) groups is 1. The maximum atomic E-state index is 11.7. The number of carbonyl (C=O) groups excluding carboxylic acids is 1. The molecule has 0 aromatic carbocycles. The van der Waals surface area contributed by atoms with Crippen molar-refractivity contribution in [3.05, 3.63) is 0 Å². The van der Waals surface area contributed by atoms with Gasteiger partial charge in [0, 0.05) is 29.5 Å². The Morgan fingerprint density at radius 2 is 1.29 bits per heavy atom. The molecule has 0 amide bonds. The van der Waals surface area contributed by atoms with Crippen LogP contribution in [0.5, 0.6) is 0 Å². The normalized spacial score (nSPS) is 26.4. The molecule has 0 radical (unpaired) electrons. The Bertz CT molecular complexity index is 275. The van der Waals surface area contributed by atoms with Gasteiger partial charge >= 0.3 is 0 Å². The standard InChI is InChI=1S/C15H29NO/c1-13(2,3)16-14(4,5)10-8-12(17)9-11-15(16,6)7/h8-11H2,1-7H3. The van der Waals surface area contributed by atoms with Crippen molar-refractivity contribution < 1.29 is 4.79 Å². The van der Waals surface area contributed by atoms with Crippen molar-refractivity contribution in [1.29, 1.82) is 0 Å². The van der Waals surface area contributed by atoms with Crippen molar-refractivity contribution in [2.24, 2.45) is 0 Å². The van der Waals surface area contributed by atoms with Gasteiger partial charge in [0.15, 0.2) is 0 Å². The van der Waals surface area contributed by atoms with E-state index in [4.69, 9.17) is 0 Å². The number of rotatable bonds is 0. The van der Waals surface area contributed by atoms with Gasteiger partial charge in [-0.2, -0.15) is 0 Å². The molecule has 0 aromatic heterocycles. The van der Waals surface area contributed by atoms with Crippen LogP contribution in [0.25, 0.3) is 0 Å². The molecule has 0 spiro atoms. The number of ketones is 1. The summed E-state index contributed by atoms with van der Waals surface area (Å²) in [6, 6.07) is 0. The maximum absolute atomic E-state index is 11.7. The number of hydrogen-bond acceptors (Lipinski definition) is 2. The van der Waals surface area contributed by atoms with Crippen LogP contribution in [0.15, 0.2) is 0 Å². The summed E-state index contributed by atoms with van der Waals surface area (Å²) in [7, 11) is 0. The molecule has 17 heavy (non-hydrogen) atoms. The number of hydrogen-bond donors (Lipinski definition) is 0. The maximum Gasteiger partial charge on any atom is 0.133 e. The van der Waals surface area contributed by atoms with E-state index in [-0.39, 0.29) is 16.6 Å². The van der Waals surface area contributed by atoms with Crippen LogP contribution < -0.4 is 0 Å². The van der Waals surface area contributed by atoms with E-state index in [2.05, 4.69) is 53.4 Å². The lowest BCUT2D eigenvalue weighted by atomic mass is 9.78. The van der Waals surface area contributed by atoms with Crippen molar-refractivity contribution in [2.75, 3.05) is 0 Å². The van der Waals surface area contributed by atoms with Crippen molar-refractivity contribution in [1.82, 2.24) is 4.90 Å². The molecule has 1 aliphatic rings. The monoisotopic (exact) mass is 239 g/mol. The number of Topliss-reactive ketones (excluding diaryl/α,β-unsaturated/α-hetero) is 1. The van der Waals surface area contributed by atoms with Gasteiger partial charge in [0.1, 0.15) is 5.78 Å². The average molecular weight is 239 g/mol. The van der Waals surface area contributed by atoms with Gasteiger partial charge in [-0.15, -0.1) is 0 Å². The molecule has 0 N–H and O–H groups in total. The SMILES string of the molecule is CC(C)(C)N1C(C)(C)CCC(=O)CCC1(C)C. The number of likely N-dealkylation sites (tertiary alicyclic amines) is 1. The third-order valence-corrected chi connectivity index (χ3v) is 3.91. The lowest BCUT2D eigenvalue weighted by Gasteiger charge is -2.56. The second kappa shape index (κ2) is 4.38. The predicted molar refractivity (Wildman–Crippen MR) is 73.2 cm³/mol. The Kier molecular flexibility index (Phi) is 3.79. The molecule has 1 fully saturated rings. The summed E-state index contributed by atoms with van der Waals surface area (Å²) in [5.41, 5.74) is 0.295. The molecule has 0 saturated carbocycles. The molecule has 100 valence electrons. The van der Waals surface area contributed by atoms with Gasteiger partial charge < -0.3 is 0 Å². The van der Waals surface area contributed by atoms with Crippen LogP contribution in [0.4, 0.5) is 0 Å². The average Bonchev–Trinajstić information content (AvgIpc) is 2.06. The first-order valence-electron chi connectivity index (χ1n) is 6.79. The fraction of sp³-hybridized carbons (Fsp3) is 0.933. The summed E-state index contributed by atoms with van der Waals surface area (Å²) in [6.45, 7) is 15.9. The fourth-order valence-electron chi connectivity index (χ4n) is 3.87. The molecule has 1 heterocycles. The van der Waals surface area contributed by atoms with Gasteiger partial charge in [-0.1, -0.05) is 0 Å². The highest BCUT2D eigenvalue weighted by Gasteiger charge is 2.44. The molecular formula is C15H29NO. The molecular weight excluding hydrogens is 210 g/mol. The summed E-state index contributed by atoms with van der Waals surface area (Å²) < 4.78 is 0. The second-order valence-corrected chi connectivity index (χ2v) is 7.67. The second-order valence-electron chi connectivity index (χ2n) is 7.67. The smallest absolute Gasteiger partial charge is 0.133 e. The van der Waals surface area contributed by atoms with Gasteiger partial charge in [-0.05, 0) is 61.3 Å². The van der Waals surface area contributed by atoms with E-state index < -0.39 is 0 Å². The Hall–Kier alpha value is -0.370. The van der Waals surface area contributed by atoms with E-state index >= 15 is 0 Å². The van der Waals surface area contributed by atoms with Crippen molar-refractivity contribution in [3.8, 4) is 0 Å². The molecule has 2 nitrogen and oxygen atoms in total. The van der Waals surface area contributed by atoms with E-state index in [1.54, 1.807) is 0 Å². The lowest BCUT2D eigenvalue weighted by Crippen LogP contribution is -2.64. The Labute approximate surface area is 107 Å². The molecule has 0 aliphatic carbocycles. The molecule has 0 unspecified atom stereocenters. The highest BCUT2D eigenvalue weighted by Crippen LogP contribution is 2.40. The highest BCUT2D eigenvalue weighted by molar-refractivity contribution is 5.78. The predicted octanol–water partition coefficient (Wildman–Crippen LogP) is 3.79.